The molecule has 0 fully saturated rings. The Morgan fingerprint density at radius 3 is 2.93 bits per heavy atom. The van der Waals surface area contributed by atoms with E-state index in [1.165, 1.54) is 11.8 Å². The Balaban J connectivity index is 2.33. The van der Waals surface area contributed by atoms with Crippen LogP contribution in [-0.4, -0.2) is 31.6 Å². The minimum atomic E-state index is -0.720. The van der Waals surface area contributed by atoms with Gasteiger partial charge in [-0.2, -0.15) is 0 Å². The molecule has 4 nitrogen and oxygen atoms in total. The maximum absolute atomic E-state index is 10.7. The highest BCUT2D eigenvalue weighted by molar-refractivity contribution is 8.00. The van der Waals surface area contributed by atoms with Crippen molar-refractivity contribution in [3.63, 3.8) is 0 Å². The summed E-state index contributed by atoms with van der Waals surface area (Å²) in [7, 11) is 1.95. The van der Waals surface area contributed by atoms with Crippen LogP contribution in [0.3, 0.4) is 0 Å². The number of aliphatic carboxylic acids is 1. The first-order chi connectivity index (χ1) is 7.15. The number of rotatable bonds is 6. The van der Waals surface area contributed by atoms with Crippen molar-refractivity contribution in [1.29, 1.82) is 0 Å². The van der Waals surface area contributed by atoms with E-state index in [-0.39, 0.29) is 5.25 Å². The fourth-order valence-corrected chi connectivity index (χ4v) is 2.26. The Bertz CT molecular complexity index is 325. The molecule has 84 valence electrons. The molecule has 0 radical (unpaired) electrons. The van der Waals surface area contributed by atoms with Gasteiger partial charge in [-0.25, -0.2) is 4.98 Å². The summed E-state index contributed by atoms with van der Waals surface area (Å²) in [6, 6.07) is 0. The van der Waals surface area contributed by atoms with E-state index in [0.717, 1.165) is 18.0 Å². The van der Waals surface area contributed by atoms with Crippen LogP contribution in [0.15, 0.2) is 12.4 Å². The minimum Gasteiger partial charge on any atom is -0.480 e. The molecule has 0 amide bonds. The van der Waals surface area contributed by atoms with E-state index in [4.69, 9.17) is 5.11 Å². The highest BCUT2D eigenvalue weighted by Crippen LogP contribution is 2.15. The molecule has 1 unspecified atom stereocenters. The van der Waals surface area contributed by atoms with Gasteiger partial charge in [0.15, 0.2) is 0 Å². The molecule has 0 aliphatic rings. The van der Waals surface area contributed by atoms with Crippen molar-refractivity contribution in [2.45, 2.75) is 25.0 Å². The van der Waals surface area contributed by atoms with Crippen molar-refractivity contribution in [1.82, 2.24) is 9.55 Å². The Labute approximate surface area is 93.7 Å². The lowest BCUT2D eigenvalue weighted by Gasteiger charge is -2.08. The zero-order chi connectivity index (χ0) is 11.3. The van der Waals surface area contributed by atoms with Crippen molar-refractivity contribution in [2.24, 2.45) is 7.05 Å². The van der Waals surface area contributed by atoms with Crippen LogP contribution < -0.4 is 0 Å². The number of carboxylic acid groups (broad SMARTS) is 1. The number of carbonyl (C=O) groups is 1. The summed E-state index contributed by atoms with van der Waals surface area (Å²) in [6.07, 6.45) is 5.14. The fourth-order valence-electron chi connectivity index (χ4n) is 1.29. The summed E-state index contributed by atoms with van der Waals surface area (Å²) < 4.78 is 1.96. The Morgan fingerprint density at radius 2 is 2.47 bits per heavy atom. The summed E-state index contributed by atoms with van der Waals surface area (Å²) in [6.45, 7) is 1.90. The first kappa shape index (κ1) is 12.1. The van der Waals surface area contributed by atoms with Crippen molar-refractivity contribution in [3.05, 3.63) is 18.2 Å². The molecule has 0 aliphatic heterocycles. The lowest BCUT2D eigenvalue weighted by molar-refractivity contribution is -0.136. The smallest absolute Gasteiger partial charge is 0.316 e. The predicted molar refractivity (Wildman–Crippen MR) is 61.1 cm³/mol. The standard InChI is InChI=1S/C10H16N2O2S/c1-3-8(10(13)14)15-7-4-9-11-5-6-12(9)2/h5-6,8H,3-4,7H2,1-2H3,(H,13,14). The van der Waals surface area contributed by atoms with E-state index in [9.17, 15) is 4.79 Å². The maximum Gasteiger partial charge on any atom is 0.316 e. The number of aromatic nitrogens is 2. The third kappa shape index (κ3) is 3.58. The molecular formula is C10H16N2O2S. The topological polar surface area (TPSA) is 55.1 Å². The number of imidazole rings is 1. The molecule has 5 heteroatoms. The van der Waals surface area contributed by atoms with Gasteiger partial charge in [-0.1, -0.05) is 6.92 Å². The summed E-state index contributed by atoms with van der Waals surface area (Å²) in [5.74, 6) is 1.08. The molecule has 1 aromatic heterocycles. The number of hydrogen-bond acceptors (Lipinski definition) is 3. The molecule has 0 saturated heterocycles. The monoisotopic (exact) mass is 228 g/mol. The van der Waals surface area contributed by atoms with Gasteiger partial charge in [0.25, 0.3) is 0 Å². The molecule has 1 N–H and O–H groups in total. The van der Waals surface area contributed by atoms with Gasteiger partial charge in [0, 0.05) is 31.6 Å². The van der Waals surface area contributed by atoms with Gasteiger partial charge in [0.1, 0.15) is 11.1 Å². The number of hydrogen-bond donors (Lipinski definition) is 1. The quantitative estimate of drug-likeness (QED) is 0.802. The second-order valence-electron chi connectivity index (χ2n) is 3.31. The van der Waals surface area contributed by atoms with Crippen LogP contribution in [0, 0.1) is 0 Å². The van der Waals surface area contributed by atoms with E-state index in [1.807, 2.05) is 24.7 Å². The molecule has 0 aliphatic carbocycles. The Hall–Kier alpha value is -0.970. The van der Waals surface area contributed by atoms with Crippen LogP contribution in [-0.2, 0) is 18.3 Å². The zero-order valence-corrected chi connectivity index (χ0v) is 9.83. The van der Waals surface area contributed by atoms with Gasteiger partial charge in [-0.15, -0.1) is 11.8 Å². The van der Waals surface area contributed by atoms with Gasteiger partial charge >= 0.3 is 5.97 Å². The van der Waals surface area contributed by atoms with Crippen LogP contribution in [0.2, 0.25) is 0 Å². The summed E-state index contributed by atoms with van der Waals surface area (Å²) in [5.41, 5.74) is 0. The van der Waals surface area contributed by atoms with E-state index in [2.05, 4.69) is 4.98 Å². The maximum atomic E-state index is 10.7. The highest BCUT2D eigenvalue weighted by atomic mass is 32.2. The predicted octanol–water partition coefficient (Wildman–Crippen LogP) is 1.56. The van der Waals surface area contributed by atoms with Crippen LogP contribution in [0.25, 0.3) is 0 Å². The lowest BCUT2D eigenvalue weighted by Crippen LogP contribution is -2.16. The zero-order valence-electron chi connectivity index (χ0n) is 9.01. The highest BCUT2D eigenvalue weighted by Gasteiger charge is 2.15. The van der Waals surface area contributed by atoms with E-state index in [1.54, 1.807) is 6.20 Å². The second-order valence-corrected chi connectivity index (χ2v) is 4.62. The minimum absolute atomic E-state index is 0.287. The molecule has 0 spiro atoms. The van der Waals surface area contributed by atoms with Crippen molar-refractivity contribution in [2.75, 3.05) is 5.75 Å². The number of nitrogens with zero attached hydrogens (tertiary/aromatic N) is 2. The van der Waals surface area contributed by atoms with Crippen LogP contribution >= 0.6 is 11.8 Å². The molecule has 0 bridgehead atoms. The number of thioether (sulfide) groups is 1. The van der Waals surface area contributed by atoms with E-state index < -0.39 is 5.97 Å². The molecule has 1 rings (SSSR count). The molecule has 0 saturated carbocycles. The lowest BCUT2D eigenvalue weighted by atomic mass is 10.3. The van der Waals surface area contributed by atoms with Crippen LogP contribution in [0.1, 0.15) is 19.2 Å². The third-order valence-electron chi connectivity index (χ3n) is 2.21. The molecule has 1 heterocycles. The van der Waals surface area contributed by atoms with Crippen molar-refractivity contribution in [3.8, 4) is 0 Å². The largest absolute Gasteiger partial charge is 0.480 e. The van der Waals surface area contributed by atoms with Gasteiger partial charge < -0.3 is 9.67 Å². The molecule has 1 atom stereocenters. The molecule has 1 aromatic rings. The van der Waals surface area contributed by atoms with Crippen LogP contribution in [0.5, 0.6) is 0 Å². The van der Waals surface area contributed by atoms with Crippen molar-refractivity contribution < 1.29 is 9.90 Å². The molecular weight excluding hydrogens is 212 g/mol. The Morgan fingerprint density at radius 1 is 1.73 bits per heavy atom. The van der Waals surface area contributed by atoms with Crippen molar-refractivity contribution >= 4 is 17.7 Å². The fraction of sp³-hybridized carbons (Fsp3) is 0.600. The van der Waals surface area contributed by atoms with Gasteiger partial charge in [-0.3, -0.25) is 4.79 Å². The molecule has 0 aromatic carbocycles. The van der Waals surface area contributed by atoms with E-state index >= 15 is 0 Å². The normalized spacial score (nSPS) is 12.7. The van der Waals surface area contributed by atoms with Gasteiger partial charge in [0.2, 0.25) is 0 Å². The average Bonchev–Trinajstić information content (AvgIpc) is 2.58. The third-order valence-corrected chi connectivity index (χ3v) is 3.59. The Kier molecular flexibility index (Phi) is 4.68. The number of aryl methyl sites for hydroxylation is 2. The average molecular weight is 228 g/mol. The summed E-state index contributed by atoms with van der Waals surface area (Å²) >= 11 is 1.48. The second kappa shape index (κ2) is 5.80. The van der Waals surface area contributed by atoms with Crippen LogP contribution in [0.4, 0.5) is 0 Å². The van der Waals surface area contributed by atoms with Gasteiger partial charge in [0.05, 0.1) is 0 Å². The molecule has 15 heavy (non-hydrogen) atoms. The number of carboxylic acids is 1. The van der Waals surface area contributed by atoms with Gasteiger partial charge in [-0.05, 0) is 6.42 Å². The first-order valence-corrected chi connectivity index (χ1v) is 6.00. The van der Waals surface area contributed by atoms with E-state index in [0.29, 0.717) is 6.42 Å². The SMILES string of the molecule is CCC(SCCc1nccn1C)C(=O)O. The summed E-state index contributed by atoms with van der Waals surface area (Å²) in [5, 5.41) is 8.56. The summed E-state index contributed by atoms with van der Waals surface area (Å²) in [4.78, 5) is 14.9. The first-order valence-electron chi connectivity index (χ1n) is 4.95.